The van der Waals surface area contributed by atoms with Crippen molar-refractivity contribution in [3.63, 3.8) is 0 Å². The second kappa shape index (κ2) is 12.2. The summed E-state index contributed by atoms with van der Waals surface area (Å²) in [7, 11) is -3.80. The average Bonchev–Trinajstić information content (AvgIpc) is 2.78. The summed E-state index contributed by atoms with van der Waals surface area (Å²) in [4.78, 5) is 28.1. The number of carbonyl (C=O) groups is 2. The molecule has 0 saturated carbocycles. The number of nitrogens with one attached hydrogen (secondary N) is 1. The molecule has 2 aromatic rings. The van der Waals surface area contributed by atoms with Gasteiger partial charge in [-0.05, 0) is 49.9 Å². The van der Waals surface area contributed by atoms with Crippen molar-refractivity contribution in [1.29, 1.82) is 0 Å². The van der Waals surface area contributed by atoms with Crippen molar-refractivity contribution in [2.75, 3.05) is 17.1 Å². The Balaban J connectivity index is 2.43. The summed E-state index contributed by atoms with van der Waals surface area (Å²) < 4.78 is 26.3. The Morgan fingerprint density at radius 1 is 1.06 bits per heavy atom. The first-order chi connectivity index (χ1) is 16.0. The van der Waals surface area contributed by atoms with Crippen LogP contribution in [0.25, 0.3) is 0 Å². The van der Waals surface area contributed by atoms with E-state index in [2.05, 4.69) is 5.32 Å². The van der Waals surface area contributed by atoms with Gasteiger partial charge in [-0.25, -0.2) is 8.42 Å². The maximum absolute atomic E-state index is 13.6. The number of hydrogen-bond acceptors (Lipinski definition) is 4. The normalized spacial score (nSPS) is 13.1. The molecule has 2 rings (SSSR count). The predicted molar refractivity (Wildman–Crippen MR) is 137 cm³/mol. The van der Waals surface area contributed by atoms with Crippen LogP contribution in [0.3, 0.4) is 0 Å². The zero-order chi connectivity index (χ0) is 25.5. The van der Waals surface area contributed by atoms with E-state index in [0.29, 0.717) is 17.1 Å². The summed E-state index contributed by atoms with van der Waals surface area (Å²) >= 11 is 6.22. The Labute approximate surface area is 208 Å². The van der Waals surface area contributed by atoms with E-state index in [1.807, 2.05) is 58.0 Å². The monoisotopic (exact) mass is 507 g/mol. The van der Waals surface area contributed by atoms with Gasteiger partial charge in [0.05, 0.1) is 11.9 Å². The van der Waals surface area contributed by atoms with Crippen LogP contribution in [0.5, 0.6) is 0 Å². The van der Waals surface area contributed by atoms with Crippen molar-refractivity contribution in [3.8, 4) is 0 Å². The number of aryl methyl sites for hydroxylation is 1. The molecule has 9 heteroatoms. The second-order valence-electron chi connectivity index (χ2n) is 8.45. The fraction of sp³-hybridized carbons (Fsp3) is 0.440. The van der Waals surface area contributed by atoms with Gasteiger partial charge in [-0.15, -0.1) is 0 Å². The fourth-order valence-corrected chi connectivity index (χ4v) is 4.51. The molecule has 2 atom stereocenters. The number of amides is 2. The van der Waals surface area contributed by atoms with Gasteiger partial charge in [0.2, 0.25) is 21.8 Å². The summed E-state index contributed by atoms with van der Waals surface area (Å²) in [6.45, 7) is 7.25. The smallest absolute Gasteiger partial charge is 0.244 e. The summed E-state index contributed by atoms with van der Waals surface area (Å²) in [6.07, 6.45) is 2.18. The Morgan fingerprint density at radius 2 is 1.71 bits per heavy atom. The Bertz CT molecular complexity index is 1090. The van der Waals surface area contributed by atoms with E-state index >= 15 is 0 Å². The van der Waals surface area contributed by atoms with Crippen molar-refractivity contribution in [2.45, 2.75) is 59.2 Å². The number of benzene rings is 2. The molecule has 0 fully saturated rings. The van der Waals surface area contributed by atoms with E-state index in [4.69, 9.17) is 11.6 Å². The lowest BCUT2D eigenvalue weighted by molar-refractivity contribution is -0.140. The zero-order valence-electron chi connectivity index (χ0n) is 20.4. The van der Waals surface area contributed by atoms with Crippen LogP contribution in [-0.2, 0) is 26.2 Å². The standard InChI is InChI=1S/C25H34ClN3O4S/c1-6-19(4)27-25(31)23(7-2)28(16-20-11-9-8-10-12-20)24(30)17-29(34(5,32)33)21-14-13-18(3)22(26)15-21/h8-15,19,23H,6-7,16-17H2,1-5H3,(H,27,31)/t19-,23+/m1/s1. The third kappa shape index (κ3) is 7.46. The largest absolute Gasteiger partial charge is 0.352 e. The van der Waals surface area contributed by atoms with Crippen LogP contribution in [0, 0.1) is 6.92 Å². The molecule has 1 N–H and O–H groups in total. The first kappa shape index (κ1) is 27.7. The Morgan fingerprint density at radius 3 is 2.24 bits per heavy atom. The van der Waals surface area contributed by atoms with Crippen LogP contribution in [0.2, 0.25) is 5.02 Å². The molecule has 0 heterocycles. The van der Waals surface area contributed by atoms with Crippen LogP contribution in [0.1, 0.15) is 44.7 Å². The Kier molecular flexibility index (Phi) is 9.94. The van der Waals surface area contributed by atoms with Crippen LogP contribution < -0.4 is 9.62 Å². The highest BCUT2D eigenvalue weighted by molar-refractivity contribution is 7.92. The van der Waals surface area contributed by atoms with Crippen molar-refractivity contribution in [1.82, 2.24) is 10.2 Å². The van der Waals surface area contributed by atoms with Crippen LogP contribution >= 0.6 is 11.6 Å². The van der Waals surface area contributed by atoms with Gasteiger partial charge in [0.15, 0.2) is 0 Å². The lowest BCUT2D eigenvalue weighted by atomic mass is 10.1. The maximum Gasteiger partial charge on any atom is 0.244 e. The highest BCUT2D eigenvalue weighted by atomic mass is 35.5. The summed E-state index contributed by atoms with van der Waals surface area (Å²) in [6, 6.07) is 13.4. The van der Waals surface area contributed by atoms with Gasteiger partial charge in [-0.1, -0.05) is 61.8 Å². The summed E-state index contributed by atoms with van der Waals surface area (Å²) in [5, 5.41) is 3.35. The molecule has 0 unspecified atom stereocenters. The van der Waals surface area contributed by atoms with Gasteiger partial charge >= 0.3 is 0 Å². The zero-order valence-corrected chi connectivity index (χ0v) is 22.0. The van der Waals surface area contributed by atoms with Crippen molar-refractivity contribution >= 4 is 39.1 Å². The minimum atomic E-state index is -3.80. The molecule has 0 aliphatic carbocycles. The van der Waals surface area contributed by atoms with E-state index < -0.39 is 28.5 Å². The highest BCUT2D eigenvalue weighted by Crippen LogP contribution is 2.25. The minimum absolute atomic E-state index is 0.0440. The van der Waals surface area contributed by atoms with Gasteiger partial charge < -0.3 is 10.2 Å². The van der Waals surface area contributed by atoms with Gasteiger partial charge in [-0.2, -0.15) is 0 Å². The van der Waals surface area contributed by atoms with E-state index in [-0.39, 0.29) is 18.5 Å². The SMILES string of the molecule is CC[C@@H](C)NC(=O)[C@H](CC)N(Cc1ccccc1)C(=O)CN(c1ccc(C)c(Cl)c1)S(C)(=O)=O. The predicted octanol–water partition coefficient (Wildman–Crippen LogP) is 4.14. The number of halogens is 1. The molecule has 0 aromatic heterocycles. The fourth-order valence-electron chi connectivity index (χ4n) is 3.49. The molecular weight excluding hydrogens is 474 g/mol. The third-order valence-corrected chi connectivity index (χ3v) is 7.25. The number of nitrogens with zero attached hydrogens (tertiary/aromatic N) is 2. The van der Waals surface area contributed by atoms with Gasteiger partial charge in [-0.3, -0.25) is 13.9 Å². The Hall–Kier alpha value is -2.58. The van der Waals surface area contributed by atoms with E-state index in [0.717, 1.165) is 28.1 Å². The summed E-state index contributed by atoms with van der Waals surface area (Å²) in [5.74, 6) is -0.734. The second-order valence-corrected chi connectivity index (χ2v) is 10.8. The molecule has 2 aromatic carbocycles. The molecule has 7 nitrogen and oxygen atoms in total. The average molecular weight is 508 g/mol. The van der Waals surface area contributed by atoms with Crippen molar-refractivity contribution in [2.24, 2.45) is 0 Å². The first-order valence-corrected chi connectivity index (χ1v) is 13.6. The van der Waals surface area contributed by atoms with Crippen LogP contribution in [0.4, 0.5) is 5.69 Å². The molecule has 0 spiro atoms. The molecule has 0 aliphatic rings. The molecule has 0 aliphatic heterocycles. The van der Waals surface area contributed by atoms with Gasteiger partial charge in [0.1, 0.15) is 12.6 Å². The van der Waals surface area contributed by atoms with Crippen LogP contribution in [0.15, 0.2) is 48.5 Å². The molecule has 0 bridgehead atoms. The van der Waals surface area contributed by atoms with Gasteiger partial charge in [0, 0.05) is 17.6 Å². The molecule has 0 saturated heterocycles. The number of rotatable bonds is 11. The highest BCUT2D eigenvalue weighted by Gasteiger charge is 2.32. The number of carbonyl (C=O) groups excluding carboxylic acids is 2. The van der Waals surface area contributed by atoms with E-state index in [9.17, 15) is 18.0 Å². The molecular formula is C25H34ClN3O4S. The van der Waals surface area contributed by atoms with E-state index in [1.54, 1.807) is 12.1 Å². The number of sulfonamides is 1. The van der Waals surface area contributed by atoms with Crippen LogP contribution in [-0.4, -0.2) is 50.0 Å². The topological polar surface area (TPSA) is 86.8 Å². The molecule has 0 radical (unpaired) electrons. The van der Waals surface area contributed by atoms with Gasteiger partial charge in [0.25, 0.3) is 0 Å². The quantitative estimate of drug-likeness (QED) is 0.495. The maximum atomic E-state index is 13.6. The molecule has 186 valence electrons. The van der Waals surface area contributed by atoms with E-state index in [1.165, 1.54) is 11.0 Å². The summed E-state index contributed by atoms with van der Waals surface area (Å²) in [5.41, 5.74) is 1.93. The van der Waals surface area contributed by atoms with Crippen molar-refractivity contribution < 1.29 is 18.0 Å². The lowest BCUT2D eigenvalue weighted by Gasteiger charge is -2.33. The number of anilines is 1. The molecule has 2 amide bonds. The molecule has 34 heavy (non-hydrogen) atoms. The lowest BCUT2D eigenvalue weighted by Crippen LogP contribution is -2.53. The minimum Gasteiger partial charge on any atom is -0.352 e. The first-order valence-electron chi connectivity index (χ1n) is 11.4. The number of hydrogen-bond donors (Lipinski definition) is 1. The van der Waals surface area contributed by atoms with Crippen molar-refractivity contribution in [3.05, 3.63) is 64.7 Å². The third-order valence-electron chi connectivity index (χ3n) is 5.71.